The molecule has 0 aromatic heterocycles. The Kier molecular flexibility index (Phi) is 6.36. The van der Waals surface area contributed by atoms with Gasteiger partial charge in [0.25, 0.3) is 0 Å². The number of benzene rings is 1. The Hall–Kier alpha value is -1.66. The van der Waals surface area contributed by atoms with Gasteiger partial charge < -0.3 is 5.32 Å². The van der Waals surface area contributed by atoms with Gasteiger partial charge in [0.1, 0.15) is 0 Å². The fourth-order valence-electron chi connectivity index (χ4n) is 2.59. The first-order valence-corrected chi connectivity index (χ1v) is 9.54. The van der Waals surface area contributed by atoms with Crippen molar-refractivity contribution in [2.24, 2.45) is 0 Å². The predicted octanol–water partition coefficient (Wildman–Crippen LogP) is 2.40. The second-order valence-electron chi connectivity index (χ2n) is 5.62. The third-order valence-electron chi connectivity index (χ3n) is 3.86. The molecule has 0 radical (unpaired) electrons. The third-order valence-corrected chi connectivity index (χ3v) is 5.77. The third kappa shape index (κ3) is 4.91. The van der Waals surface area contributed by atoms with Crippen molar-refractivity contribution in [1.29, 1.82) is 0 Å². The predicted molar refractivity (Wildman–Crippen MR) is 91.4 cm³/mol. The van der Waals surface area contributed by atoms with Crippen LogP contribution < -0.4 is 5.32 Å². The maximum absolute atomic E-state index is 12.6. The van der Waals surface area contributed by atoms with Gasteiger partial charge in [-0.2, -0.15) is 4.31 Å². The van der Waals surface area contributed by atoms with Crippen LogP contribution in [0.2, 0.25) is 0 Å². The van der Waals surface area contributed by atoms with Gasteiger partial charge in [-0.25, -0.2) is 8.42 Å². The summed E-state index contributed by atoms with van der Waals surface area (Å²) in [5.74, 6) is -0.159. The van der Waals surface area contributed by atoms with Gasteiger partial charge in [0.15, 0.2) is 0 Å². The van der Waals surface area contributed by atoms with E-state index in [0.29, 0.717) is 24.5 Å². The summed E-state index contributed by atoms with van der Waals surface area (Å²) < 4.78 is 26.9. The van der Waals surface area contributed by atoms with E-state index in [0.717, 1.165) is 31.2 Å². The van der Waals surface area contributed by atoms with E-state index in [1.807, 2.05) is 6.92 Å². The van der Waals surface area contributed by atoms with Crippen LogP contribution in [0, 0.1) is 0 Å². The van der Waals surface area contributed by atoms with Crippen molar-refractivity contribution in [2.75, 3.05) is 19.6 Å². The Morgan fingerprint density at radius 1 is 1.13 bits per heavy atom. The molecule has 1 aliphatic heterocycles. The molecule has 0 spiro atoms. The maximum atomic E-state index is 12.6. The second kappa shape index (κ2) is 8.26. The molecular formula is C17H24N2O3S. The monoisotopic (exact) mass is 336 g/mol. The number of carbonyl (C=O) groups excluding carboxylic acids is 1. The van der Waals surface area contributed by atoms with Gasteiger partial charge in [0, 0.05) is 25.7 Å². The molecule has 1 saturated heterocycles. The first-order valence-electron chi connectivity index (χ1n) is 8.10. The summed E-state index contributed by atoms with van der Waals surface area (Å²) in [6, 6.07) is 6.66. The summed E-state index contributed by atoms with van der Waals surface area (Å²) in [7, 11) is -3.41. The van der Waals surface area contributed by atoms with Crippen LogP contribution in [-0.4, -0.2) is 38.3 Å². The topological polar surface area (TPSA) is 66.5 Å². The van der Waals surface area contributed by atoms with Crippen LogP contribution in [0.4, 0.5) is 0 Å². The molecule has 0 saturated carbocycles. The summed E-state index contributed by atoms with van der Waals surface area (Å²) in [6.07, 6.45) is 7.15. The van der Waals surface area contributed by atoms with Crippen molar-refractivity contribution in [3.8, 4) is 0 Å². The number of sulfonamides is 1. The largest absolute Gasteiger partial charge is 0.353 e. The molecule has 126 valence electrons. The van der Waals surface area contributed by atoms with E-state index in [2.05, 4.69) is 5.32 Å². The van der Waals surface area contributed by atoms with Crippen LogP contribution in [0.15, 0.2) is 35.2 Å². The van der Waals surface area contributed by atoms with E-state index in [4.69, 9.17) is 0 Å². The first-order chi connectivity index (χ1) is 11.0. The normalized spacial score (nSPS) is 17.1. The Morgan fingerprint density at radius 2 is 1.74 bits per heavy atom. The SMILES string of the molecule is CCNC(=O)C=Cc1ccc(S(=O)(=O)N2CCCCCC2)cc1. The zero-order chi connectivity index (χ0) is 16.7. The summed E-state index contributed by atoms with van der Waals surface area (Å²) in [4.78, 5) is 11.7. The van der Waals surface area contributed by atoms with Crippen molar-refractivity contribution < 1.29 is 13.2 Å². The minimum Gasteiger partial charge on any atom is -0.353 e. The summed E-state index contributed by atoms with van der Waals surface area (Å²) in [5, 5.41) is 2.67. The van der Waals surface area contributed by atoms with Crippen molar-refractivity contribution in [3.63, 3.8) is 0 Å². The molecule has 5 nitrogen and oxygen atoms in total. The van der Waals surface area contributed by atoms with Crippen molar-refractivity contribution in [2.45, 2.75) is 37.5 Å². The first kappa shape index (κ1) is 17.7. The van der Waals surface area contributed by atoms with E-state index in [1.54, 1.807) is 34.6 Å². The highest BCUT2D eigenvalue weighted by Gasteiger charge is 2.24. The Bertz CT molecular complexity index is 643. The molecule has 1 aromatic rings. The molecule has 2 rings (SSSR count). The summed E-state index contributed by atoms with van der Waals surface area (Å²) >= 11 is 0. The Balaban J connectivity index is 2.10. The minimum absolute atomic E-state index is 0.159. The number of nitrogens with one attached hydrogen (secondary N) is 1. The lowest BCUT2D eigenvalue weighted by Gasteiger charge is -2.19. The molecular weight excluding hydrogens is 312 g/mol. The number of hydrogen-bond acceptors (Lipinski definition) is 3. The molecule has 1 fully saturated rings. The van der Waals surface area contributed by atoms with E-state index in [-0.39, 0.29) is 5.91 Å². The molecule has 1 aromatic carbocycles. The molecule has 1 aliphatic rings. The van der Waals surface area contributed by atoms with Crippen molar-refractivity contribution in [1.82, 2.24) is 9.62 Å². The minimum atomic E-state index is -3.41. The number of amides is 1. The lowest BCUT2D eigenvalue weighted by molar-refractivity contribution is -0.116. The van der Waals surface area contributed by atoms with E-state index in [1.165, 1.54) is 6.08 Å². The smallest absolute Gasteiger partial charge is 0.243 e. The number of carbonyl (C=O) groups is 1. The number of nitrogens with zero attached hydrogens (tertiary/aromatic N) is 1. The van der Waals surface area contributed by atoms with E-state index in [9.17, 15) is 13.2 Å². The van der Waals surface area contributed by atoms with Crippen LogP contribution in [-0.2, 0) is 14.8 Å². The molecule has 0 unspecified atom stereocenters. The highest BCUT2D eigenvalue weighted by molar-refractivity contribution is 7.89. The number of likely N-dealkylation sites (N-methyl/N-ethyl adjacent to an activating group) is 1. The summed E-state index contributed by atoms with van der Waals surface area (Å²) in [6.45, 7) is 3.63. The zero-order valence-corrected chi connectivity index (χ0v) is 14.3. The van der Waals surface area contributed by atoms with Crippen LogP contribution in [0.5, 0.6) is 0 Å². The van der Waals surface area contributed by atoms with Gasteiger partial charge >= 0.3 is 0 Å². The lowest BCUT2D eigenvalue weighted by Crippen LogP contribution is -2.31. The van der Waals surface area contributed by atoms with Crippen LogP contribution >= 0.6 is 0 Å². The van der Waals surface area contributed by atoms with Crippen molar-refractivity contribution in [3.05, 3.63) is 35.9 Å². The highest BCUT2D eigenvalue weighted by atomic mass is 32.2. The van der Waals surface area contributed by atoms with Crippen LogP contribution in [0.3, 0.4) is 0 Å². The maximum Gasteiger partial charge on any atom is 0.243 e. The van der Waals surface area contributed by atoms with Gasteiger partial charge in [-0.15, -0.1) is 0 Å². The van der Waals surface area contributed by atoms with Gasteiger partial charge in [0.05, 0.1) is 4.90 Å². The van der Waals surface area contributed by atoms with Crippen molar-refractivity contribution >= 4 is 22.0 Å². The Labute approximate surface area is 138 Å². The van der Waals surface area contributed by atoms with Gasteiger partial charge in [-0.3, -0.25) is 4.79 Å². The summed E-state index contributed by atoms with van der Waals surface area (Å²) in [5.41, 5.74) is 0.797. The van der Waals surface area contributed by atoms with Crippen LogP contribution in [0.25, 0.3) is 6.08 Å². The van der Waals surface area contributed by atoms with Crippen LogP contribution in [0.1, 0.15) is 38.2 Å². The molecule has 1 N–H and O–H groups in total. The molecule has 1 heterocycles. The number of rotatable bonds is 5. The fraction of sp³-hybridized carbons (Fsp3) is 0.471. The zero-order valence-electron chi connectivity index (χ0n) is 13.5. The van der Waals surface area contributed by atoms with Gasteiger partial charge in [-0.05, 0) is 43.5 Å². The fourth-order valence-corrected chi connectivity index (χ4v) is 4.10. The molecule has 23 heavy (non-hydrogen) atoms. The van der Waals surface area contributed by atoms with Gasteiger partial charge in [-0.1, -0.05) is 25.0 Å². The molecule has 1 amide bonds. The van der Waals surface area contributed by atoms with E-state index < -0.39 is 10.0 Å². The standard InChI is InChI=1S/C17H24N2O3S/c1-2-18-17(20)12-9-15-7-10-16(11-8-15)23(21,22)19-13-5-3-4-6-14-19/h7-12H,2-6,13-14H2,1H3,(H,18,20). The molecule has 0 bridgehead atoms. The molecule has 6 heteroatoms. The second-order valence-corrected chi connectivity index (χ2v) is 7.55. The lowest BCUT2D eigenvalue weighted by atomic mass is 10.2. The molecule has 0 aliphatic carbocycles. The number of hydrogen-bond donors (Lipinski definition) is 1. The van der Waals surface area contributed by atoms with Gasteiger partial charge in [0.2, 0.25) is 15.9 Å². The Morgan fingerprint density at radius 3 is 2.30 bits per heavy atom. The average Bonchev–Trinajstić information content (AvgIpc) is 2.83. The quantitative estimate of drug-likeness (QED) is 0.840. The molecule has 0 atom stereocenters. The van der Waals surface area contributed by atoms with E-state index >= 15 is 0 Å². The average molecular weight is 336 g/mol. The highest BCUT2D eigenvalue weighted by Crippen LogP contribution is 2.20.